The molecule has 0 spiro atoms. The van der Waals surface area contributed by atoms with Crippen LogP contribution in [0.3, 0.4) is 0 Å². The lowest BCUT2D eigenvalue weighted by Crippen LogP contribution is -2.22. The van der Waals surface area contributed by atoms with Gasteiger partial charge in [0.2, 0.25) is 0 Å². The van der Waals surface area contributed by atoms with Crippen LogP contribution in [0.25, 0.3) is 0 Å². The lowest BCUT2D eigenvalue weighted by molar-refractivity contribution is 0.213. The van der Waals surface area contributed by atoms with E-state index >= 15 is 0 Å². The molecule has 28 heavy (non-hydrogen) atoms. The minimum Gasteiger partial charge on any atom is -0.490 e. The smallest absolute Gasteiger partial charge is 0.123 e. The zero-order valence-electron chi connectivity index (χ0n) is 19.1. The van der Waals surface area contributed by atoms with Crippen molar-refractivity contribution >= 4 is 0 Å². The Kier molecular flexibility index (Phi) is 7.20. The summed E-state index contributed by atoms with van der Waals surface area (Å²) in [6.07, 6.45) is 2.18. The number of hydrogen-bond acceptors (Lipinski definition) is 2. The van der Waals surface area contributed by atoms with Gasteiger partial charge in [0.05, 0.1) is 0 Å². The molecule has 0 amide bonds. The molecule has 2 nitrogen and oxygen atoms in total. The molecule has 0 fully saturated rings. The Hall–Kier alpha value is -1.96. The number of hydrogen-bond donors (Lipinski definition) is 0. The molecule has 0 N–H and O–H groups in total. The minimum atomic E-state index is 0.0735. The molecule has 0 aliphatic heterocycles. The number of rotatable bonds is 9. The first-order valence-corrected chi connectivity index (χ1v) is 10.6. The van der Waals surface area contributed by atoms with Crippen molar-refractivity contribution in [1.29, 1.82) is 0 Å². The summed E-state index contributed by atoms with van der Waals surface area (Å²) in [5, 5.41) is 0. The van der Waals surface area contributed by atoms with Gasteiger partial charge in [-0.2, -0.15) is 0 Å². The Morgan fingerprint density at radius 3 is 1.96 bits per heavy atom. The van der Waals surface area contributed by atoms with Crippen molar-refractivity contribution in [3.8, 4) is 11.5 Å². The Morgan fingerprint density at radius 2 is 1.36 bits per heavy atom. The first-order chi connectivity index (χ1) is 13.1. The van der Waals surface area contributed by atoms with Crippen LogP contribution in [-0.4, -0.2) is 13.2 Å². The van der Waals surface area contributed by atoms with Crippen LogP contribution >= 0.6 is 0 Å². The summed E-state index contributed by atoms with van der Waals surface area (Å²) in [7, 11) is 0. The van der Waals surface area contributed by atoms with Crippen molar-refractivity contribution in [3.05, 3.63) is 58.7 Å². The van der Waals surface area contributed by atoms with Gasteiger partial charge in [0.15, 0.2) is 0 Å². The average molecular weight is 383 g/mol. The molecule has 0 atom stereocenters. The summed E-state index contributed by atoms with van der Waals surface area (Å²) in [5.41, 5.74) is 5.45. The van der Waals surface area contributed by atoms with E-state index in [1.807, 2.05) is 6.07 Å². The standard InChI is InChI=1S/C26H38O2/c1-9-25(5,6)21-12-14-24(23(18-21)26(7,8)10-2)28-16-15-27-22-13-11-19(3)20(4)17-22/h11-14,17-18H,9-10,15-16H2,1-8H3. The molecule has 154 valence electrons. The molecule has 0 aromatic heterocycles. The van der Waals surface area contributed by atoms with Crippen molar-refractivity contribution < 1.29 is 9.47 Å². The summed E-state index contributed by atoms with van der Waals surface area (Å²) in [6.45, 7) is 19.0. The highest BCUT2D eigenvalue weighted by molar-refractivity contribution is 5.44. The third-order valence-electron chi connectivity index (χ3n) is 6.35. The summed E-state index contributed by atoms with van der Waals surface area (Å²) in [5.74, 6) is 1.88. The predicted octanol–water partition coefficient (Wildman–Crippen LogP) is 7.14. The topological polar surface area (TPSA) is 18.5 Å². The second-order valence-electron chi connectivity index (χ2n) is 9.13. The van der Waals surface area contributed by atoms with E-state index in [4.69, 9.17) is 9.47 Å². The van der Waals surface area contributed by atoms with Gasteiger partial charge in [0, 0.05) is 5.56 Å². The van der Waals surface area contributed by atoms with Crippen molar-refractivity contribution in [2.75, 3.05) is 13.2 Å². The van der Waals surface area contributed by atoms with Gasteiger partial charge < -0.3 is 9.47 Å². The van der Waals surface area contributed by atoms with Gasteiger partial charge in [-0.25, -0.2) is 0 Å². The zero-order valence-corrected chi connectivity index (χ0v) is 19.1. The first-order valence-electron chi connectivity index (χ1n) is 10.6. The van der Waals surface area contributed by atoms with Crippen LogP contribution < -0.4 is 9.47 Å². The highest BCUT2D eigenvalue weighted by Crippen LogP contribution is 2.38. The van der Waals surface area contributed by atoms with E-state index < -0.39 is 0 Å². The third-order valence-corrected chi connectivity index (χ3v) is 6.35. The van der Waals surface area contributed by atoms with E-state index in [9.17, 15) is 0 Å². The molecule has 0 saturated carbocycles. The molecule has 2 heteroatoms. The van der Waals surface area contributed by atoms with E-state index in [0.717, 1.165) is 24.3 Å². The number of aryl methyl sites for hydroxylation is 2. The van der Waals surface area contributed by atoms with Crippen LogP contribution in [0.2, 0.25) is 0 Å². The third kappa shape index (κ3) is 5.31. The Morgan fingerprint density at radius 1 is 0.714 bits per heavy atom. The number of ether oxygens (including phenoxy) is 2. The van der Waals surface area contributed by atoms with Gasteiger partial charge in [-0.05, 0) is 72.4 Å². The van der Waals surface area contributed by atoms with Crippen LogP contribution in [0.1, 0.15) is 76.6 Å². The average Bonchev–Trinajstić information content (AvgIpc) is 2.67. The highest BCUT2D eigenvalue weighted by atomic mass is 16.5. The fourth-order valence-corrected chi connectivity index (χ4v) is 3.12. The van der Waals surface area contributed by atoms with E-state index in [1.54, 1.807) is 0 Å². The van der Waals surface area contributed by atoms with Crippen LogP contribution in [-0.2, 0) is 10.8 Å². The quantitative estimate of drug-likeness (QED) is 0.429. The molecule has 0 radical (unpaired) electrons. The van der Waals surface area contributed by atoms with Gasteiger partial charge in [0.25, 0.3) is 0 Å². The van der Waals surface area contributed by atoms with Gasteiger partial charge in [-0.15, -0.1) is 0 Å². The lowest BCUT2D eigenvalue weighted by Gasteiger charge is -2.30. The maximum Gasteiger partial charge on any atom is 0.123 e. The first kappa shape index (κ1) is 22.3. The minimum absolute atomic E-state index is 0.0735. The summed E-state index contributed by atoms with van der Waals surface area (Å²) in [4.78, 5) is 0. The molecule has 2 aromatic carbocycles. The molecule has 2 rings (SSSR count). The summed E-state index contributed by atoms with van der Waals surface area (Å²) in [6, 6.07) is 12.9. The predicted molar refractivity (Wildman–Crippen MR) is 120 cm³/mol. The van der Waals surface area contributed by atoms with Crippen LogP contribution in [0.15, 0.2) is 36.4 Å². The zero-order chi connectivity index (χ0) is 20.9. The molecular weight excluding hydrogens is 344 g/mol. The van der Waals surface area contributed by atoms with Crippen molar-refractivity contribution in [1.82, 2.24) is 0 Å². The van der Waals surface area contributed by atoms with Crippen LogP contribution in [0.5, 0.6) is 11.5 Å². The fourth-order valence-electron chi connectivity index (χ4n) is 3.12. The molecule has 0 unspecified atom stereocenters. The largest absolute Gasteiger partial charge is 0.490 e. The molecule has 0 aliphatic rings. The van der Waals surface area contributed by atoms with Gasteiger partial charge in [0.1, 0.15) is 24.7 Å². The molecule has 0 heterocycles. The van der Waals surface area contributed by atoms with Crippen molar-refractivity contribution in [3.63, 3.8) is 0 Å². The van der Waals surface area contributed by atoms with Crippen molar-refractivity contribution in [2.45, 2.75) is 79.1 Å². The Balaban J connectivity index is 2.12. The highest BCUT2D eigenvalue weighted by Gasteiger charge is 2.26. The molecule has 0 aliphatic carbocycles. The second kappa shape index (κ2) is 9.03. The Bertz CT molecular complexity index is 787. The fraction of sp³-hybridized carbons (Fsp3) is 0.538. The van der Waals surface area contributed by atoms with E-state index in [-0.39, 0.29) is 10.8 Å². The molecule has 0 bridgehead atoms. The van der Waals surface area contributed by atoms with Gasteiger partial charge in [-0.3, -0.25) is 0 Å². The normalized spacial score (nSPS) is 12.1. The van der Waals surface area contributed by atoms with Gasteiger partial charge in [-0.1, -0.05) is 59.7 Å². The molecular formula is C26H38O2. The molecule has 0 saturated heterocycles. The van der Waals surface area contributed by atoms with E-state index in [0.29, 0.717) is 13.2 Å². The van der Waals surface area contributed by atoms with Crippen molar-refractivity contribution in [2.24, 2.45) is 0 Å². The second-order valence-corrected chi connectivity index (χ2v) is 9.13. The van der Waals surface area contributed by atoms with Crippen LogP contribution in [0, 0.1) is 13.8 Å². The van der Waals surface area contributed by atoms with E-state index in [2.05, 4.69) is 85.7 Å². The summed E-state index contributed by atoms with van der Waals surface area (Å²) < 4.78 is 12.1. The Labute approximate surface area is 172 Å². The van der Waals surface area contributed by atoms with E-state index in [1.165, 1.54) is 22.3 Å². The molecule has 2 aromatic rings. The van der Waals surface area contributed by atoms with Crippen LogP contribution in [0.4, 0.5) is 0 Å². The maximum absolute atomic E-state index is 6.18. The maximum atomic E-state index is 6.18. The number of benzene rings is 2. The monoisotopic (exact) mass is 382 g/mol. The SMILES string of the molecule is CCC(C)(C)c1ccc(OCCOc2ccc(C)c(C)c2)c(C(C)(C)CC)c1. The summed E-state index contributed by atoms with van der Waals surface area (Å²) >= 11 is 0. The van der Waals surface area contributed by atoms with Gasteiger partial charge >= 0.3 is 0 Å². The lowest BCUT2D eigenvalue weighted by atomic mass is 9.76.